The predicted molar refractivity (Wildman–Crippen MR) is 122 cm³/mol. The summed E-state index contributed by atoms with van der Waals surface area (Å²) < 4.78 is 11.3. The second-order valence-corrected chi connectivity index (χ2v) is 7.41. The zero-order chi connectivity index (χ0) is 21.4. The van der Waals surface area contributed by atoms with Crippen LogP contribution in [0.25, 0.3) is 33.7 Å². The molecule has 0 spiro atoms. The Morgan fingerprint density at radius 3 is 2.68 bits per heavy atom. The summed E-state index contributed by atoms with van der Waals surface area (Å²) in [6, 6.07) is 17.7. The van der Waals surface area contributed by atoms with E-state index in [2.05, 4.69) is 20.6 Å². The van der Waals surface area contributed by atoms with Crippen LogP contribution in [0.1, 0.15) is 10.6 Å². The SMILES string of the molecule is O=C(NC(=S)Nc1ccc(Cl)c(-c2nc3ncccc3o2)c1)c1cc2ccccc2o1. The van der Waals surface area contributed by atoms with Crippen molar-refractivity contribution < 1.29 is 13.6 Å². The summed E-state index contributed by atoms with van der Waals surface area (Å²) in [4.78, 5) is 21.0. The second kappa shape index (κ2) is 7.82. The van der Waals surface area contributed by atoms with Gasteiger partial charge in [-0.15, -0.1) is 0 Å². The number of furan rings is 1. The number of para-hydroxylation sites is 1. The van der Waals surface area contributed by atoms with Gasteiger partial charge >= 0.3 is 0 Å². The average molecular weight is 449 g/mol. The minimum Gasteiger partial charge on any atom is -0.451 e. The number of nitrogens with one attached hydrogen (secondary N) is 2. The van der Waals surface area contributed by atoms with Crippen LogP contribution < -0.4 is 10.6 Å². The third kappa shape index (κ3) is 3.86. The molecule has 2 N–H and O–H groups in total. The first-order chi connectivity index (χ1) is 15.1. The number of anilines is 1. The van der Waals surface area contributed by atoms with Crippen molar-refractivity contribution in [1.29, 1.82) is 0 Å². The molecule has 0 bridgehead atoms. The molecule has 0 aliphatic heterocycles. The van der Waals surface area contributed by atoms with E-state index < -0.39 is 5.91 Å². The fourth-order valence-corrected chi connectivity index (χ4v) is 3.48. The van der Waals surface area contributed by atoms with Crippen molar-refractivity contribution in [1.82, 2.24) is 15.3 Å². The van der Waals surface area contributed by atoms with Crippen molar-refractivity contribution in [3.8, 4) is 11.5 Å². The minimum atomic E-state index is -0.451. The van der Waals surface area contributed by atoms with Crippen LogP contribution in [0.2, 0.25) is 5.02 Å². The van der Waals surface area contributed by atoms with E-state index in [1.165, 1.54) is 0 Å². The average Bonchev–Trinajstić information content (AvgIpc) is 3.39. The molecule has 152 valence electrons. The first-order valence-electron chi connectivity index (χ1n) is 9.19. The Kier molecular flexibility index (Phi) is 4.85. The van der Waals surface area contributed by atoms with Gasteiger partial charge in [0.1, 0.15) is 5.58 Å². The van der Waals surface area contributed by atoms with E-state index in [0.717, 1.165) is 5.39 Å². The van der Waals surface area contributed by atoms with E-state index in [0.29, 0.717) is 39.0 Å². The number of thiocarbonyl (C=S) groups is 1. The first-order valence-corrected chi connectivity index (χ1v) is 9.98. The van der Waals surface area contributed by atoms with Crippen molar-refractivity contribution in [2.45, 2.75) is 0 Å². The zero-order valence-corrected chi connectivity index (χ0v) is 17.3. The zero-order valence-electron chi connectivity index (χ0n) is 15.8. The van der Waals surface area contributed by atoms with Crippen molar-refractivity contribution in [2.75, 3.05) is 5.32 Å². The lowest BCUT2D eigenvalue weighted by Crippen LogP contribution is -2.33. The summed E-state index contributed by atoms with van der Waals surface area (Å²) in [6.45, 7) is 0. The Bertz CT molecular complexity index is 1390. The van der Waals surface area contributed by atoms with Crippen LogP contribution in [0.5, 0.6) is 0 Å². The normalized spacial score (nSPS) is 11.0. The summed E-state index contributed by atoms with van der Waals surface area (Å²) in [5.74, 6) is 0.0496. The Balaban J connectivity index is 1.34. The Labute approximate surface area is 186 Å². The number of hydrogen-bond donors (Lipinski definition) is 2. The van der Waals surface area contributed by atoms with Gasteiger partial charge < -0.3 is 14.2 Å². The lowest BCUT2D eigenvalue weighted by atomic mass is 10.2. The standard InChI is InChI=1S/C22H13ClN4O3S/c23-15-8-7-13(11-14(15)21-26-19-17(30-21)6-3-9-24-19)25-22(31)27-20(28)18-10-12-4-1-2-5-16(12)29-18/h1-11H,(H2,25,27,28,31). The third-order valence-corrected chi connectivity index (χ3v) is 5.03. The molecule has 3 heterocycles. The van der Waals surface area contributed by atoms with Crippen LogP contribution in [0.15, 0.2) is 75.7 Å². The van der Waals surface area contributed by atoms with Gasteiger partial charge in [0.05, 0.1) is 10.6 Å². The van der Waals surface area contributed by atoms with E-state index in [1.54, 1.807) is 48.7 Å². The highest BCUT2D eigenvalue weighted by molar-refractivity contribution is 7.80. The fraction of sp³-hybridized carbons (Fsp3) is 0. The molecule has 0 saturated carbocycles. The number of carbonyl (C=O) groups excluding carboxylic acids is 1. The quantitative estimate of drug-likeness (QED) is 0.356. The number of aromatic nitrogens is 2. The van der Waals surface area contributed by atoms with Gasteiger partial charge in [0.2, 0.25) is 5.89 Å². The molecule has 2 aromatic carbocycles. The highest BCUT2D eigenvalue weighted by Gasteiger charge is 2.16. The topological polar surface area (TPSA) is 93.2 Å². The number of nitrogens with zero attached hydrogens (tertiary/aromatic N) is 2. The number of amides is 1. The number of carbonyl (C=O) groups is 1. The van der Waals surface area contributed by atoms with Gasteiger partial charge in [-0.2, -0.15) is 4.98 Å². The molecular formula is C22H13ClN4O3S. The number of oxazole rings is 1. The number of benzene rings is 2. The van der Waals surface area contributed by atoms with E-state index in [4.69, 9.17) is 32.7 Å². The lowest BCUT2D eigenvalue weighted by Gasteiger charge is -2.10. The Hall–Kier alpha value is -3.75. The molecule has 0 radical (unpaired) electrons. The van der Waals surface area contributed by atoms with Crippen molar-refractivity contribution >= 4 is 62.7 Å². The van der Waals surface area contributed by atoms with Gasteiger partial charge in [0, 0.05) is 17.3 Å². The van der Waals surface area contributed by atoms with Gasteiger partial charge in [-0.1, -0.05) is 29.8 Å². The lowest BCUT2D eigenvalue weighted by molar-refractivity contribution is 0.0953. The van der Waals surface area contributed by atoms with Crippen LogP contribution >= 0.6 is 23.8 Å². The summed E-state index contributed by atoms with van der Waals surface area (Å²) >= 11 is 11.6. The van der Waals surface area contributed by atoms with Crippen LogP contribution in [-0.2, 0) is 0 Å². The van der Waals surface area contributed by atoms with Crippen molar-refractivity contribution in [2.24, 2.45) is 0 Å². The van der Waals surface area contributed by atoms with E-state index >= 15 is 0 Å². The summed E-state index contributed by atoms with van der Waals surface area (Å²) in [5, 5.41) is 6.97. The summed E-state index contributed by atoms with van der Waals surface area (Å²) in [7, 11) is 0. The molecule has 0 fully saturated rings. The maximum absolute atomic E-state index is 12.5. The molecule has 7 nitrogen and oxygen atoms in total. The maximum Gasteiger partial charge on any atom is 0.293 e. The molecule has 0 aliphatic rings. The Morgan fingerprint density at radius 1 is 1.00 bits per heavy atom. The molecule has 0 saturated heterocycles. The molecule has 0 atom stereocenters. The third-order valence-electron chi connectivity index (χ3n) is 4.50. The van der Waals surface area contributed by atoms with E-state index in [9.17, 15) is 4.79 Å². The molecule has 5 rings (SSSR count). The molecule has 0 aliphatic carbocycles. The van der Waals surface area contributed by atoms with E-state index in [-0.39, 0.29) is 10.9 Å². The van der Waals surface area contributed by atoms with Crippen molar-refractivity contribution in [3.63, 3.8) is 0 Å². The molecule has 1 amide bonds. The van der Waals surface area contributed by atoms with Gasteiger partial charge in [-0.05, 0) is 54.7 Å². The van der Waals surface area contributed by atoms with Crippen LogP contribution in [0.3, 0.4) is 0 Å². The minimum absolute atomic E-state index is 0.109. The summed E-state index contributed by atoms with van der Waals surface area (Å²) in [6.07, 6.45) is 1.64. The largest absolute Gasteiger partial charge is 0.451 e. The van der Waals surface area contributed by atoms with Crippen LogP contribution in [-0.4, -0.2) is 21.0 Å². The van der Waals surface area contributed by atoms with Crippen LogP contribution in [0.4, 0.5) is 5.69 Å². The van der Waals surface area contributed by atoms with Gasteiger partial charge in [-0.3, -0.25) is 10.1 Å². The smallest absolute Gasteiger partial charge is 0.293 e. The number of halogens is 1. The Morgan fingerprint density at radius 2 is 1.84 bits per heavy atom. The predicted octanol–water partition coefficient (Wildman–Crippen LogP) is 5.42. The maximum atomic E-state index is 12.5. The van der Waals surface area contributed by atoms with E-state index in [1.807, 2.05) is 18.2 Å². The van der Waals surface area contributed by atoms with Crippen LogP contribution in [0, 0.1) is 0 Å². The number of pyridine rings is 1. The second-order valence-electron chi connectivity index (χ2n) is 6.60. The molecule has 0 unspecified atom stereocenters. The number of hydrogen-bond acceptors (Lipinski definition) is 6. The summed E-state index contributed by atoms with van der Waals surface area (Å²) in [5.41, 5.74) is 2.84. The molecular weight excluding hydrogens is 436 g/mol. The highest BCUT2D eigenvalue weighted by Crippen LogP contribution is 2.31. The van der Waals surface area contributed by atoms with Gasteiger partial charge in [0.25, 0.3) is 5.91 Å². The molecule has 5 aromatic rings. The van der Waals surface area contributed by atoms with Gasteiger partial charge in [-0.25, -0.2) is 4.98 Å². The van der Waals surface area contributed by atoms with Gasteiger partial charge in [0.15, 0.2) is 22.1 Å². The fourth-order valence-electron chi connectivity index (χ4n) is 3.07. The monoisotopic (exact) mass is 448 g/mol. The number of rotatable bonds is 3. The molecule has 31 heavy (non-hydrogen) atoms. The van der Waals surface area contributed by atoms with Crippen molar-refractivity contribution in [3.05, 3.63) is 77.6 Å². The highest BCUT2D eigenvalue weighted by atomic mass is 35.5. The number of fused-ring (bicyclic) bond motifs is 2. The first kappa shape index (κ1) is 19.2. The molecule has 3 aromatic heterocycles. The molecule has 9 heteroatoms.